The number of aliphatic hydroxyl groups excluding tert-OH is 1. The predicted octanol–water partition coefficient (Wildman–Crippen LogP) is 3.83. The van der Waals surface area contributed by atoms with Gasteiger partial charge in [-0.2, -0.15) is 0 Å². The van der Waals surface area contributed by atoms with Crippen LogP contribution in [-0.4, -0.2) is 47.9 Å². The predicted molar refractivity (Wildman–Crippen MR) is 123 cm³/mol. The minimum absolute atomic E-state index is 0.00712. The lowest BCUT2D eigenvalue weighted by atomic mass is 9.93. The highest BCUT2D eigenvalue weighted by atomic mass is 16.5. The standard InChI is InChI=1S/C26H23NO6/c1-16(28)33-19-12-10-18(11-13-19)23-22(25(30)26(31)27(23)14-15-32-2)24(29)21-9-5-7-17-6-3-4-8-20(17)21/h3-13,23,29H,14-15H2,1-2H3/b24-22-. The van der Waals surface area contributed by atoms with E-state index in [0.29, 0.717) is 16.9 Å². The van der Waals surface area contributed by atoms with E-state index in [-0.39, 0.29) is 24.5 Å². The molecular formula is C26H23NO6. The van der Waals surface area contributed by atoms with E-state index in [2.05, 4.69) is 0 Å². The molecule has 0 saturated carbocycles. The first-order valence-corrected chi connectivity index (χ1v) is 10.5. The number of hydrogen-bond donors (Lipinski definition) is 1. The average Bonchev–Trinajstić information content (AvgIpc) is 3.07. The van der Waals surface area contributed by atoms with Crippen molar-refractivity contribution >= 4 is 34.2 Å². The number of benzene rings is 3. The first-order chi connectivity index (χ1) is 15.9. The first kappa shape index (κ1) is 22.2. The monoisotopic (exact) mass is 445 g/mol. The van der Waals surface area contributed by atoms with Gasteiger partial charge in [-0.1, -0.05) is 54.6 Å². The lowest BCUT2D eigenvalue weighted by Gasteiger charge is -2.25. The molecule has 1 heterocycles. The van der Waals surface area contributed by atoms with Crippen molar-refractivity contribution in [3.8, 4) is 5.75 Å². The zero-order chi connectivity index (χ0) is 23.5. The molecule has 3 aromatic carbocycles. The number of methoxy groups -OCH3 is 1. The lowest BCUT2D eigenvalue weighted by molar-refractivity contribution is -0.140. The Labute approximate surface area is 190 Å². The van der Waals surface area contributed by atoms with Crippen molar-refractivity contribution in [1.82, 2.24) is 4.90 Å². The van der Waals surface area contributed by atoms with Crippen LogP contribution in [0.25, 0.3) is 16.5 Å². The molecule has 1 atom stereocenters. The van der Waals surface area contributed by atoms with Gasteiger partial charge >= 0.3 is 5.97 Å². The Morgan fingerprint density at radius 3 is 2.39 bits per heavy atom. The Bertz CT molecular complexity index is 1260. The van der Waals surface area contributed by atoms with E-state index < -0.39 is 23.7 Å². The number of nitrogens with zero attached hydrogens (tertiary/aromatic N) is 1. The summed E-state index contributed by atoms with van der Waals surface area (Å²) in [6, 6.07) is 18.6. The fourth-order valence-corrected chi connectivity index (χ4v) is 4.11. The molecule has 1 aliphatic heterocycles. The lowest BCUT2D eigenvalue weighted by Crippen LogP contribution is -2.32. The summed E-state index contributed by atoms with van der Waals surface area (Å²) >= 11 is 0. The highest BCUT2D eigenvalue weighted by molar-refractivity contribution is 6.46. The third-order valence-corrected chi connectivity index (χ3v) is 5.58. The molecule has 168 valence electrons. The minimum Gasteiger partial charge on any atom is -0.507 e. The molecule has 1 aliphatic rings. The highest BCUT2D eigenvalue weighted by Crippen LogP contribution is 2.40. The van der Waals surface area contributed by atoms with Crippen LogP contribution in [0, 0.1) is 0 Å². The van der Waals surface area contributed by atoms with Crippen molar-refractivity contribution in [2.75, 3.05) is 20.3 Å². The highest BCUT2D eigenvalue weighted by Gasteiger charge is 2.46. The number of carbonyl (C=O) groups is 3. The van der Waals surface area contributed by atoms with Gasteiger partial charge in [0.05, 0.1) is 18.2 Å². The van der Waals surface area contributed by atoms with E-state index in [4.69, 9.17) is 9.47 Å². The molecule has 1 saturated heterocycles. The maximum absolute atomic E-state index is 13.1. The van der Waals surface area contributed by atoms with Gasteiger partial charge in [0.2, 0.25) is 0 Å². The second kappa shape index (κ2) is 9.26. The zero-order valence-electron chi connectivity index (χ0n) is 18.3. The molecule has 7 nitrogen and oxygen atoms in total. The van der Waals surface area contributed by atoms with Crippen LogP contribution in [0.1, 0.15) is 24.1 Å². The quantitative estimate of drug-likeness (QED) is 0.204. The van der Waals surface area contributed by atoms with Crippen molar-refractivity contribution < 1.29 is 29.0 Å². The number of carbonyl (C=O) groups excluding carboxylic acids is 3. The Hall–Kier alpha value is -3.97. The van der Waals surface area contributed by atoms with Crippen LogP contribution >= 0.6 is 0 Å². The number of amides is 1. The fraction of sp³-hybridized carbons (Fsp3) is 0.192. The van der Waals surface area contributed by atoms with Crippen molar-refractivity contribution in [1.29, 1.82) is 0 Å². The van der Waals surface area contributed by atoms with Gasteiger partial charge in [-0.25, -0.2) is 0 Å². The molecule has 1 N–H and O–H groups in total. The number of ether oxygens (including phenoxy) is 2. The number of likely N-dealkylation sites (tertiary alicyclic amines) is 1. The molecule has 33 heavy (non-hydrogen) atoms. The summed E-state index contributed by atoms with van der Waals surface area (Å²) in [5.41, 5.74) is 1.08. The molecular weight excluding hydrogens is 422 g/mol. The van der Waals surface area contributed by atoms with E-state index in [1.54, 1.807) is 36.4 Å². The Balaban J connectivity index is 1.87. The van der Waals surface area contributed by atoms with E-state index in [9.17, 15) is 19.5 Å². The molecule has 3 aromatic rings. The molecule has 7 heteroatoms. The summed E-state index contributed by atoms with van der Waals surface area (Å²) in [6.45, 7) is 1.70. The Kier molecular flexibility index (Phi) is 6.24. The number of esters is 1. The van der Waals surface area contributed by atoms with Gasteiger partial charge in [0.1, 0.15) is 11.5 Å². The number of rotatable bonds is 6. The van der Waals surface area contributed by atoms with Gasteiger partial charge in [-0.15, -0.1) is 0 Å². The molecule has 1 unspecified atom stereocenters. The summed E-state index contributed by atoms with van der Waals surface area (Å²) in [6.07, 6.45) is 0. The molecule has 0 bridgehead atoms. The van der Waals surface area contributed by atoms with E-state index >= 15 is 0 Å². The zero-order valence-corrected chi connectivity index (χ0v) is 18.3. The normalized spacial score (nSPS) is 17.5. The Morgan fingerprint density at radius 2 is 1.70 bits per heavy atom. The largest absolute Gasteiger partial charge is 0.507 e. The first-order valence-electron chi connectivity index (χ1n) is 10.5. The van der Waals surface area contributed by atoms with Crippen molar-refractivity contribution in [3.05, 3.63) is 83.4 Å². The third kappa shape index (κ3) is 4.23. The Morgan fingerprint density at radius 1 is 1.00 bits per heavy atom. The van der Waals surface area contributed by atoms with Crippen molar-refractivity contribution in [2.24, 2.45) is 0 Å². The summed E-state index contributed by atoms with van der Waals surface area (Å²) in [4.78, 5) is 38.7. The summed E-state index contributed by atoms with van der Waals surface area (Å²) in [7, 11) is 1.51. The van der Waals surface area contributed by atoms with Gasteiger partial charge in [0, 0.05) is 26.1 Å². The van der Waals surface area contributed by atoms with Crippen LogP contribution in [-0.2, 0) is 19.1 Å². The maximum Gasteiger partial charge on any atom is 0.308 e. The SMILES string of the molecule is COCCN1C(=O)C(=O)/C(=C(\O)c2cccc3ccccc23)C1c1ccc(OC(C)=O)cc1. The third-order valence-electron chi connectivity index (χ3n) is 5.58. The minimum atomic E-state index is -0.814. The smallest absolute Gasteiger partial charge is 0.308 e. The van der Waals surface area contributed by atoms with E-state index in [1.165, 1.54) is 18.9 Å². The molecule has 4 rings (SSSR count). The van der Waals surface area contributed by atoms with Crippen LogP contribution in [0.5, 0.6) is 5.75 Å². The molecule has 0 spiro atoms. The van der Waals surface area contributed by atoms with Gasteiger partial charge in [-0.05, 0) is 28.5 Å². The number of Topliss-reactive ketones (excluding diaryl/α,β-unsaturated/α-hetero) is 1. The summed E-state index contributed by atoms with van der Waals surface area (Å²) in [5.74, 6) is -1.81. The number of aliphatic hydroxyl groups is 1. The molecule has 1 fully saturated rings. The van der Waals surface area contributed by atoms with Crippen LogP contribution in [0.2, 0.25) is 0 Å². The molecule has 0 aliphatic carbocycles. The van der Waals surface area contributed by atoms with Crippen LogP contribution in [0.3, 0.4) is 0 Å². The fourth-order valence-electron chi connectivity index (χ4n) is 4.11. The number of fused-ring (bicyclic) bond motifs is 1. The second-order valence-corrected chi connectivity index (χ2v) is 7.67. The van der Waals surface area contributed by atoms with Gasteiger partial charge in [0.15, 0.2) is 0 Å². The second-order valence-electron chi connectivity index (χ2n) is 7.67. The summed E-state index contributed by atoms with van der Waals surface area (Å²) in [5, 5.41) is 13.0. The van der Waals surface area contributed by atoms with Gasteiger partial charge < -0.3 is 19.5 Å². The van der Waals surface area contributed by atoms with Crippen LogP contribution in [0.4, 0.5) is 0 Å². The van der Waals surface area contributed by atoms with Gasteiger partial charge in [-0.3, -0.25) is 14.4 Å². The summed E-state index contributed by atoms with van der Waals surface area (Å²) < 4.78 is 10.2. The van der Waals surface area contributed by atoms with Crippen molar-refractivity contribution in [3.63, 3.8) is 0 Å². The average molecular weight is 445 g/mol. The molecule has 1 amide bonds. The van der Waals surface area contributed by atoms with Crippen LogP contribution < -0.4 is 4.74 Å². The maximum atomic E-state index is 13.1. The molecule has 0 aromatic heterocycles. The van der Waals surface area contributed by atoms with Crippen LogP contribution in [0.15, 0.2) is 72.3 Å². The van der Waals surface area contributed by atoms with E-state index in [0.717, 1.165) is 10.8 Å². The topological polar surface area (TPSA) is 93.1 Å². The van der Waals surface area contributed by atoms with E-state index in [1.807, 2.05) is 30.3 Å². The van der Waals surface area contributed by atoms with Crippen molar-refractivity contribution in [2.45, 2.75) is 13.0 Å². The number of hydrogen-bond acceptors (Lipinski definition) is 6. The molecule has 0 radical (unpaired) electrons. The van der Waals surface area contributed by atoms with Gasteiger partial charge in [0.25, 0.3) is 11.7 Å². The number of ketones is 1.